The summed E-state index contributed by atoms with van der Waals surface area (Å²) >= 11 is 3.41. The van der Waals surface area contributed by atoms with Crippen LogP contribution in [0.4, 0.5) is 5.69 Å². The number of halogens is 1. The van der Waals surface area contributed by atoms with Crippen LogP contribution in [0.2, 0.25) is 0 Å². The third-order valence-electron chi connectivity index (χ3n) is 2.95. The number of hydrogen-bond donors (Lipinski definition) is 1. The largest absolute Gasteiger partial charge is 0.398 e. The van der Waals surface area contributed by atoms with Crippen LogP contribution in [0.15, 0.2) is 51.5 Å². The van der Waals surface area contributed by atoms with Gasteiger partial charge in [-0.1, -0.05) is 44.8 Å². The standard InChI is InChI=1S/C15H12BrN3O/c1-9-3-2-4-10(7-9)14-18-15(20-19-14)12-8-11(16)5-6-13(12)17/h2-8H,17H2,1H3. The van der Waals surface area contributed by atoms with Gasteiger partial charge in [-0.15, -0.1) is 0 Å². The van der Waals surface area contributed by atoms with E-state index in [2.05, 4.69) is 26.1 Å². The van der Waals surface area contributed by atoms with Crippen LogP contribution in [0.1, 0.15) is 5.56 Å². The van der Waals surface area contributed by atoms with E-state index in [9.17, 15) is 0 Å². The predicted molar refractivity (Wildman–Crippen MR) is 82.0 cm³/mol. The number of nitrogens with two attached hydrogens (primary N) is 1. The third kappa shape index (κ3) is 2.44. The number of anilines is 1. The smallest absolute Gasteiger partial charge is 0.260 e. The van der Waals surface area contributed by atoms with Crippen LogP contribution >= 0.6 is 15.9 Å². The van der Waals surface area contributed by atoms with Crippen molar-refractivity contribution in [1.82, 2.24) is 10.1 Å². The van der Waals surface area contributed by atoms with Crippen LogP contribution in [0.25, 0.3) is 22.8 Å². The fourth-order valence-corrected chi connectivity index (χ4v) is 2.31. The summed E-state index contributed by atoms with van der Waals surface area (Å²) in [6, 6.07) is 13.5. The van der Waals surface area contributed by atoms with Gasteiger partial charge in [0.2, 0.25) is 5.82 Å². The van der Waals surface area contributed by atoms with E-state index in [0.29, 0.717) is 17.4 Å². The van der Waals surface area contributed by atoms with Gasteiger partial charge < -0.3 is 10.3 Å². The van der Waals surface area contributed by atoms with E-state index in [1.807, 2.05) is 43.3 Å². The Bertz CT molecular complexity index is 767. The summed E-state index contributed by atoms with van der Waals surface area (Å²) in [4.78, 5) is 4.42. The lowest BCUT2D eigenvalue weighted by atomic mass is 10.1. The van der Waals surface area contributed by atoms with E-state index in [4.69, 9.17) is 10.3 Å². The molecule has 4 nitrogen and oxygen atoms in total. The average molecular weight is 330 g/mol. The van der Waals surface area contributed by atoms with Crippen LogP contribution in [0.5, 0.6) is 0 Å². The lowest BCUT2D eigenvalue weighted by molar-refractivity contribution is 0.432. The molecule has 0 aliphatic rings. The lowest BCUT2D eigenvalue weighted by Crippen LogP contribution is -1.90. The number of rotatable bonds is 2. The number of hydrogen-bond acceptors (Lipinski definition) is 4. The SMILES string of the molecule is Cc1cccc(-c2noc(-c3cc(Br)ccc3N)n2)c1. The van der Waals surface area contributed by atoms with E-state index in [0.717, 1.165) is 21.2 Å². The maximum Gasteiger partial charge on any atom is 0.260 e. The maximum absolute atomic E-state index is 5.94. The minimum Gasteiger partial charge on any atom is -0.398 e. The first kappa shape index (κ1) is 12.9. The molecular formula is C15H12BrN3O. The first-order chi connectivity index (χ1) is 9.63. The minimum atomic E-state index is 0.417. The molecule has 0 amide bonds. The van der Waals surface area contributed by atoms with Crippen molar-refractivity contribution in [2.24, 2.45) is 0 Å². The fraction of sp³-hybridized carbons (Fsp3) is 0.0667. The van der Waals surface area contributed by atoms with Crippen molar-refractivity contribution < 1.29 is 4.52 Å². The van der Waals surface area contributed by atoms with Gasteiger partial charge in [0, 0.05) is 15.7 Å². The topological polar surface area (TPSA) is 64.9 Å². The summed E-state index contributed by atoms with van der Waals surface area (Å²) in [6.45, 7) is 2.02. The van der Waals surface area contributed by atoms with Crippen molar-refractivity contribution in [2.75, 3.05) is 5.73 Å². The van der Waals surface area contributed by atoms with Gasteiger partial charge in [-0.2, -0.15) is 4.98 Å². The first-order valence-corrected chi connectivity index (χ1v) is 6.89. The normalized spacial score (nSPS) is 10.7. The molecule has 2 N–H and O–H groups in total. The molecule has 0 atom stereocenters. The lowest BCUT2D eigenvalue weighted by Gasteiger charge is -2.00. The molecule has 1 aromatic heterocycles. The van der Waals surface area contributed by atoms with Crippen LogP contribution in [-0.4, -0.2) is 10.1 Å². The molecule has 0 bridgehead atoms. The van der Waals surface area contributed by atoms with Gasteiger partial charge in [0.15, 0.2) is 0 Å². The van der Waals surface area contributed by atoms with E-state index in [1.165, 1.54) is 0 Å². The Balaban J connectivity index is 2.04. The predicted octanol–water partition coefficient (Wildman–Crippen LogP) is 4.06. The van der Waals surface area contributed by atoms with E-state index >= 15 is 0 Å². The molecular weight excluding hydrogens is 318 g/mol. The molecule has 0 radical (unpaired) electrons. The van der Waals surface area contributed by atoms with Crippen LogP contribution in [0, 0.1) is 6.92 Å². The Hall–Kier alpha value is -2.14. The van der Waals surface area contributed by atoms with Crippen molar-refractivity contribution in [2.45, 2.75) is 6.92 Å². The molecule has 20 heavy (non-hydrogen) atoms. The molecule has 0 aliphatic heterocycles. The molecule has 0 fully saturated rings. The zero-order valence-electron chi connectivity index (χ0n) is 10.8. The van der Waals surface area contributed by atoms with E-state index < -0.39 is 0 Å². The van der Waals surface area contributed by atoms with Crippen LogP contribution in [0.3, 0.4) is 0 Å². The second-order valence-corrected chi connectivity index (χ2v) is 5.44. The maximum atomic E-state index is 5.94. The molecule has 3 aromatic rings. The molecule has 0 spiro atoms. The Morgan fingerprint density at radius 2 is 2.00 bits per heavy atom. The quantitative estimate of drug-likeness (QED) is 0.720. The molecule has 3 rings (SSSR count). The molecule has 2 aromatic carbocycles. The fourth-order valence-electron chi connectivity index (χ4n) is 1.95. The van der Waals surface area contributed by atoms with Crippen molar-refractivity contribution in [3.63, 3.8) is 0 Å². The molecule has 0 saturated carbocycles. The molecule has 100 valence electrons. The highest BCUT2D eigenvalue weighted by Gasteiger charge is 2.13. The van der Waals surface area contributed by atoms with Gasteiger partial charge >= 0.3 is 0 Å². The summed E-state index contributed by atoms with van der Waals surface area (Å²) in [7, 11) is 0. The van der Waals surface area contributed by atoms with Crippen molar-refractivity contribution in [3.8, 4) is 22.8 Å². The molecule has 0 aliphatic carbocycles. The summed E-state index contributed by atoms with van der Waals surface area (Å²) in [5, 5.41) is 4.02. The molecule has 0 unspecified atom stereocenters. The molecule has 5 heteroatoms. The van der Waals surface area contributed by atoms with E-state index in [-0.39, 0.29) is 0 Å². The van der Waals surface area contributed by atoms with Gasteiger partial charge in [-0.25, -0.2) is 0 Å². The van der Waals surface area contributed by atoms with Gasteiger partial charge in [0.05, 0.1) is 5.56 Å². The number of nitrogens with zero attached hydrogens (tertiary/aromatic N) is 2. The average Bonchev–Trinajstić information content (AvgIpc) is 2.91. The van der Waals surface area contributed by atoms with Crippen LogP contribution < -0.4 is 5.73 Å². The summed E-state index contributed by atoms with van der Waals surface area (Å²) in [5.74, 6) is 0.975. The van der Waals surface area contributed by atoms with Gasteiger partial charge in [-0.3, -0.25) is 0 Å². The van der Waals surface area contributed by atoms with Gasteiger partial charge in [0.25, 0.3) is 5.89 Å². The Labute approximate surface area is 124 Å². The van der Waals surface area contributed by atoms with Gasteiger partial charge in [-0.05, 0) is 31.2 Å². The van der Waals surface area contributed by atoms with Crippen molar-refractivity contribution >= 4 is 21.6 Å². The Kier molecular flexibility index (Phi) is 3.28. The van der Waals surface area contributed by atoms with E-state index in [1.54, 1.807) is 6.07 Å². The third-order valence-corrected chi connectivity index (χ3v) is 3.44. The van der Waals surface area contributed by atoms with Gasteiger partial charge in [0.1, 0.15) is 0 Å². The van der Waals surface area contributed by atoms with Crippen molar-refractivity contribution in [1.29, 1.82) is 0 Å². The zero-order valence-corrected chi connectivity index (χ0v) is 12.4. The Morgan fingerprint density at radius 3 is 2.80 bits per heavy atom. The number of benzene rings is 2. The second-order valence-electron chi connectivity index (χ2n) is 4.52. The highest BCUT2D eigenvalue weighted by molar-refractivity contribution is 9.10. The molecule has 1 heterocycles. The summed E-state index contributed by atoms with van der Waals surface area (Å²) in [5.41, 5.74) is 9.35. The summed E-state index contributed by atoms with van der Waals surface area (Å²) in [6.07, 6.45) is 0. The summed E-state index contributed by atoms with van der Waals surface area (Å²) < 4.78 is 6.23. The number of aryl methyl sites for hydroxylation is 1. The highest BCUT2D eigenvalue weighted by atomic mass is 79.9. The first-order valence-electron chi connectivity index (χ1n) is 6.09. The monoisotopic (exact) mass is 329 g/mol. The highest BCUT2D eigenvalue weighted by Crippen LogP contribution is 2.29. The van der Waals surface area contributed by atoms with Crippen molar-refractivity contribution in [3.05, 3.63) is 52.5 Å². The Morgan fingerprint density at radius 1 is 1.15 bits per heavy atom. The minimum absolute atomic E-state index is 0.417. The van der Waals surface area contributed by atoms with Crippen LogP contribution in [-0.2, 0) is 0 Å². The zero-order chi connectivity index (χ0) is 14.1. The second kappa shape index (κ2) is 5.09. The molecule has 0 saturated heterocycles. The number of aromatic nitrogens is 2. The number of nitrogen functional groups attached to an aromatic ring is 1.